The van der Waals surface area contributed by atoms with Gasteiger partial charge in [-0.3, -0.25) is 0 Å². The smallest absolute Gasteiger partial charge is 0.194 e. The van der Waals surface area contributed by atoms with Gasteiger partial charge in [0.1, 0.15) is 0 Å². The second-order valence-electron chi connectivity index (χ2n) is 4.62. The molecule has 0 radical (unpaired) electrons. The van der Waals surface area contributed by atoms with Crippen molar-refractivity contribution in [2.45, 2.75) is 12.8 Å². The molecule has 0 aliphatic heterocycles. The summed E-state index contributed by atoms with van der Waals surface area (Å²) in [5.41, 5.74) is 1.05. The molecule has 0 aliphatic rings. The van der Waals surface area contributed by atoms with Crippen LogP contribution in [0.1, 0.15) is 12.3 Å². The zero-order valence-corrected chi connectivity index (χ0v) is 13.1. The van der Waals surface area contributed by atoms with Gasteiger partial charge in [-0.15, -0.1) is 11.6 Å². The van der Waals surface area contributed by atoms with Crippen LogP contribution in [0.25, 0.3) is 22.1 Å². The minimum absolute atomic E-state index is 0.628. The summed E-state index contributed by atoms with van der Waals surface area (Å²) in [5.74, 6) is 2.18. The first-order chi connectivity index (χ1) is 9.76. The molecule has 0 saturated carbocycles. The van der Waals surface area contributed by atoms with E-state index in [-0.39, 0.29) is 0 Å². The molecule has 0 amide bonds. The summed E-state index contributed by atoms with van der Waals surface area (Å²) in [6.07, 6.45) is 3.45. The molecule has 20 heavy (non-hydrogen) atoms. The minimum Gasteiger partial charge on any atom is -0.441 e. The van der Waals surface area contributed by atoms with E-state index < -0.39 is 0 Å². The SMILES string of the molecule is ClCCCc1ncc(-c2ccc3cc(Br)ccc3c2)o1. The van der Waals surface area contributed by atoms with Crippen molar-refractivity contribution in [3.63, 3.8) is 0 Å². The Kier molecular flexibility index (Phi) is 4.08. The Morgan fingerprint density at radius 2 is 1.90 bits per heavy atom. The Morgan fingerprint density at radius 1 is 1.10 bits per heavy atom. The molecule has 1 aromatic heterocycles. The summed E-state index contributed by atoms with van der Waals surface area (Å²) in [5, 5.41) is 2.38. The predicted octanol–water partition coefficient (Wildman–Crippen LogP) is 5.43. The number of rotatable bonds is 4. The number of fused-ring (bicyclic) bond motifs is 1. The lowest BCUT2D eigenvalue weighted by molar-refractivity contribution is 0.503. The standard InChI is InChI=1S/C16H13BrClNO/c17-14-6-5-11-8-13(4-3-12(11)9-14)15-10-19-16(20-15)2-1-7-18/h3-6,8-10H,1-2,7H2. The van der Waals surface area contributed by atoms with E-state index >= 15 is 0 Å². The van der Waals surface area contributed by atoms with Crippen LogP contribution in [-0.4, -0.2) is 10.9 Å². The summed E-state index contributed by atoms with van der Waals surface area (Å²) in [6.45, 7) is 0. The maximum Gasteiger partial charge on any atom is 0.194 e. The lowest BCUT2D eigenvalue weighted by atomic mass is 10.1. The molecule has 0 N–H and O–H groups in total. The molecular weight excluding hydrogens is 338 g/mol. The van der Waals surface area contributed by atoms with Gasteiger partial charge in [0.25, 0.3) is 0 Å². The van der Waals surface area contributed by atoms with E-state index in [9.17, 15) is 0 Å². The monoisotopic (exact) mass is 349 g/mol. The average molecular weight is 351 g/mol. The van der Waals surface area contributed by atoms with Gasteiger partial charge >= 0.3 is 0 Å². The number of oxazole rings is 1. The zero-order chi connectivity index (χ0) is 13.9. The van der Waals surface area contributed by atoms with Gasteiger partial charge in [0.2, 0.25) is 0 Å². The third-order valence-electron chi connectivity index (χ3n) is 3.16. The number of halogens is 2. The van der Waals surface area contributed by atoms with Gasteiger partial charge in [0.05, 0.1) is 6.20 Å². The zero-order valence-electron chi connectivity index (χ0n) is 10.8. The lowest BCUT2D eigenvalue weighted by Crippen LogP contribution is -1.84. The number of benzene rings is 2. The molecule has 2 nitrogen and oxygen atoms in total. The quantitative estimate of drug-likeness (QED) is 0.586. The third-order valence-corrected chi connectivity index (χ3v) is 3.93. The molecular formula is C16H13BrClNO. The van der Waals surface area contributed by atoms with E-state index in [1.165, 1.54) is 10.8 Å². The Bertz CT molecular complexity index is 738. The van der Waals surface area contributed by atoms with Crippen LogP contribution in [0.2, 0.25) is 0 Å². The summed E-state index contributed by atoms with van der Waals surface area (Å²) in [7, 11) is 0. The Hall–Kier alpha value is -1.32. The first-order valence-electron chi connectivity index (χ1n) is 6.46. The third kappa shape index (κ3) is 2.89. The van der Waals surface area contributed by atoms with E-state index in [1.807, 2.05) is 6.07 Å². The fraction of sp³-hybridized carbons (Fsp3) is 0.188. The normalized spacial score (nSPS) is 11.1. The second kappa shape index (κ2) is 5.98. The number of alkyl halides is 1. The second-order valence-corrected chi connectivity index (χ2v) is 5.91. The number of aromatic nitrogens is 1. The van der Waals surface area contributed by atoms with Gasteiger partial charge in [-0.2, -0.15) is 0 Å². The fourth-order valence-electron chi connectivity index (χ4n) is 2.15. The predicted molar refractivity (Wildman–Crippen MR) is 86.2 cm³/mol. The molecule has 0 saturated heterocycles. The van der Waals surface area contributed by atoms with Crippen molar-refractivity contribution < 1.29 is 4.42 Å². The van der Waals surface area contributed by atoms with Gasteiger partial charge in [-0.25, -0.2) is 4.98 Å². The van der Waals surface area contributed by atoms with Crippen LogP contribution in [0.5, 0.6) is 0 Å². The maximum absolute atomic E-state index is 5.77. The molecule has 0 atom stereocenters. The number of aryl methyl sites for hydroxylation is 1. The summed E-state index contributed by atoms with van der Waals surface area (Å²) in [6, 6.07) is 12.5. The molecule has 2 aromatic carbocycles. The fourth-order valence-corrected chi connectivity index (χ4v) is 2.66. The maximum atomic E-state index is 5.77. The van der Waals surface area contributed by atoms with Crippen LogP contribution < -0.4 is 0 Å². The van der Waals surface area contributed by atoms with Crippen LogP contribution in [0.4, 0.5) is 0 Å². The van der Waals surface area contributed by atoms with Crippen LogP contribution in [-0.2, 0) is 6.42 Å². The van der Waals surface area contributed by atoms with Crippen molar-refractivity contribution in [2.24, 2.45) is 0 Å². The van der Waals surface area contributed by atoms with Crippen molar-refractivity contribution in [3.8, 4) is 11.3 Å². The van der Waals surface area contributed by atoms with Crippen LogP contribution in [0.3, 0.4) is 0 Å². The molecule has 0 bridgehead atoms. The molecule has 4 heteroatoms. The van der Waals surface area contributed by atoms with Crippen molar-refractivity contribution in [1.82, 2.24) is 4.98 Å². The molecule has 3 aromatic rings. The van der Waals surface area contributed by atoms with E-state index in [1.54, 1.807) is 6.20 Å². The van der Waals surface area contributed by atoms with Gasteiger partial charge in [-0.1, -0.05) is 34.1 Å². The van der Waals surface area contributed by atoms with Gasteiger partial charge < -0.3 is 4.42 Å². The van der Waals surface area contributed by atoms with Crippen molar-refractivity contribution >= 4 is 38.3 Å². The molecule has 0 unspecified atom stereocenters. The first kappa shape index (κ1) is 13.7. The van der Waals surface area contributed by atoms with Crippen LogP contribution in [0.15, 0.2) is 51.5 Å². The van der Waals surface area contributed by atoms with E-state index in [2.05, 4.69) is 51.2 Å². The Labute approximate surface area is 130 Å². The van der Waals surface area contributed by atoms with Gasteiger partial charge in [0, 0.05) is 22.3 Å². The van der Waals surface area contributed by atoms with Crippen LogP contribution in [0, 0.1) is 0 Å². The molecule has 0 spiro atoms. The molecule has 3 rings (SSSR count). The largest absolute Gasteiger partial charge is 0.441 e. The summed E-state index contributed by atoms with van der Waals surface area (Å²) >= 11 is 9.16. The van der Waals surface area contributed by atoms with E-state index in [0.29, 0.717) is 5.88 Å². The number of hydrogen-bond acceptors (Lipinski definition) is 2. The van der Waals surface area contributed by atoms with Crippen LogP contribution >= 0.6 is 27.5 Å². The summed E-state index contributed by atoms with van der Waals surface area (Å²) in [4.78, 5) is 4.29. The highest BCUT2D eigenvalue weighted by atomic mass is 79.9. The van der Waals surface area contributed by atoms with Crippen molar-refractivity contribution in [1.29, 1.82) is 0 Å². The first-order valence-corrected chi connectivity index (χ1v) is 7.79. The van der Waals surface area contributed by atoms with E-state index in [0.717, 1.165) is 34.5 Å². The minimum atomic E-state index is 0.628. The molecule has 0 aliphatic carbocycles. The highest BCUT2D eigenvalue weighted by Crippen LogP contribution is 2.27. The highest BCUT2D eigenvalue weighted by molar-refractivity contribution is 9.10. The number of hydrogen-bond donors (Lipinski definition) is 0. The Morgan fingerprint density at radius 3 is 2.75 bits per heavy atom. The van der Waals surface area contributed by atoms with Crippen molar-refractivity contribution in [2.75, 3.05) is 5.88 Å². The molecule has 0 fully saturated rings. The Balaban J connectivity index is 1.93. The highest BCUT2D eigenvalue weighted by Gasteiger charge is 2.07. The van der Waals surface area contributed by atoms with Gasteiger partial charge in [0.15, 0.2) is 11.7 Å². The molecule has 102 valence electrons. The van der Waals surface area contributed by atoms with Crippen molar-refractivity contribution in [3.05, 3.63) is 53.0 Å². The topological polar surface area (TPSA) is 26.0 Å². The van der Waals surface area contributed by atoms with Gasteiger partial charge in [-0.05, 0) is 35.4 Å². The average Bonchev–Trinajstić information content (AvgIpc) is 2.93. The summed E-state index contributed by atoms with van der Waals surface area (Å²) < 4.78 is 6.85. The lowest BCUT2D eigenvalue weighted by Gasteiger charge is -2.01. The van der Waals surface area contributed by atoms with E-state index in [4.69, 9.17) is 16.0 Å². The molecule has 1 heterocycles. The number of nitrogens with zero attached hydrogens (tertiary/aromatic N) is 1.